The lowest BCUT2D eigenvalue weighted by Gasteiger charge is -2.33. The maximum atomic E-state index is 12.9. The lowest BCUT2D eigenvalue weighted by atomic mass is 9.87. The summed E-state index contributed by atoms with van der Waals surface area (Å²) < 4.78 is 0. The number of benzene rings is 2. The third-order valence-corrected chi connectivity index (χ3v) is 5.44. The Bertz CT molecular complexity index is 755. The second kappa shape index (κ2) is 6.40. The largest absolute Gasteiger partial charge is 0.311 e. The van der Waals surface area contributed by atoms with Gasteiger partial charge in [-0.15, -0.1) is 0 Å². The quantitative estimate of drug-likeness (QED) is 0.863. The minimum Gasteiger partial charge on any atom is -0.311 e. The lowest BCUT2D eigenvalue weighted by Crippen LogP contribution is -2.40. The highest BCUT2D eigenvalue weighted by atomic mass is 16.2. The van der Waals surface area contributed by atoms with Gasteiger partial charge < -0.3 is 4.90 Å². The number of nitrogens with zero attached hydrogens (tertiary/aromatic N) is 2. The van der Waals surface area contributed by atoms with Crippen molar-refractivity contribution in [1.29, 1.82) is 0 Å². The van der Waals surface area contributed by atoms with E-state index >= 15 is 0 Å². The molecule has 0 N–H and O–H groups in total. The molecule has 4 rings (SSSR count). The summed E-state index contributed by atoms with van der Waals surface area (Å²) in [5.74, 6) is 0.213. The predicted molar refractivity (Wildman–Crippen MR) is 97.3 cm³/mol. The second-order valence-corrected chi connectivity index (χ2v) is 6.95. The molecule has 1 unspecified atom stereocenters. The van der Waals surface area contributed by atoms with Gasteiger partial charge in [-0.2, -0.15) is 0 Å². The molecule has 1 amide bonds. The zero-order valence-corrected chi connectivity index (χ0v) is 14.2. The monoisotopic (exact) mass is 320 g/mol. The summed E-state index contributed by atoms with van der Waals surface area (Å²) in [6.07, 6.45) is 4.47. The summed E-state index contributed by atoms with van der Waals surface area (Å²) in [4.78, 5) is 17.1. The molecule has 3 heteroatoms. The first-order valence-electron chi connectivity index (χ1n) is 8.90. The van der Waals surface area contributed by atoms with Crippen LogP contribution in [-0.2, 0) is 17.6 Å². The maximum absolute atomic E-state index is 12.9. The third-order valence-electron chi connectivity index (χ3n) is 5.44. The van der Waals surface area contributed by atoms with E-state index < -0.39 is 0 Å². The molecule has 1 aliphatic heterocycles. The van der Waals surface area contributed by atoms with E-state index in [1.807, 2.05) is 11.0 Å². The van der Waals surface area contributed by atoms with Gasteiger partial charge in [0.2, 0.25) is 5.91 Å². The molecule has 0 saturated heterocycles. The van der Waals surface area contributed by atoms with E-state index in [2.05, 4.69) is 54.4 Å². The number of amides is 1. The van der Waals surface area contributed by atoms with Crippen LogP contribution in [0.15, 0.2) is 48.5 Å². The van der Waals surface area contributed by atoms with Crippen LogP contribution in [-0.4, -0.2) is 30.9 Å². The number of hydrogen-bond donors (Lipinski definition) is 0. The highest BCUT2D eigenvalue weighted by molar-refractivity contribution is 5.96. The molecule has 0 aromatic heterocycles. The Morgan fingerprint density at radius 3 is 2.71 bits per heavy atom. The first-order chi connectivity index (χ1) is 11.7. The maximum Gasteiger partial charge on any atom is 0.241 e. The summed E-state index contributed by atoms with van der Waals surface area (Å²) in [6, 6.07) is 17.3. The van der Waals surface area contributed by atoms with Gasteiger partial charge in [-0.05, 0) is 55.5 Å². The molecule has 0 radical (unpaired) electrons. The zero-order valence-electron chi connectivity index (χ0n) is 14.2. The molecule has 1 atom stereocenters. The Balaban J connectivity index is 1.49. The van der Waals surface area contributed by atoms with E-state index in [1.165, 1.54) is 23.1 Å². The molecule has 0 spiro atoms. The predicted octanol–water partition coefficient (Wildman–Crippen LogP) is 3.59. The Morgan fingerprint density at radius 2 is 1.83 bits per heavy atom. The molecule has 0 fully saturated rings. The number of rotatable bonds is 3. The fourth-order valence-electron chi connectivity index (χ4n) is 4.19. The number of carbonyl (C=O) groups excluding carboxylic acids is 1. The van der Waals surface area contributed by atoms with Gasteiger partial charge in [0.1, 0.15) is 0 Å². The van der Waals surface area contributed by atoms with Crippen LogP contribution in [0.25, 0.3) is 0 Å². The molecular weight excluding hydrogens is 296 g/mol. The molecule has 0 saturated carbocycles. The molecule has 3 nitrogen and oxygen atoms in total. The number of fused-ring (bicyclic) bond motifs is 2. The molecule has 124 valence electrons. The molecule has 2 aromatic rings. The molecule has 24 heavy (non-hydrogen) atoms. The van der Waals surface area contributed by atoms with Crippen molar-refractivity contribution in [3.63, 3.8) is 0 Å². The van der Waals surface area contributed by atoms with Crippen LogP contribution in [0.2, 0.25) is 0 Å². The van der Waals surface area contributed by atoms with Crippen LogP contribution in [0.1, 0.15) is 35.6 Å². The van der Waals surface area contributed by atoms with Gasteiger partial charge in [0.15, 0.2) is 0 Å². The van der Waals surface area contributed by atoms with Gasteiger partial charge >= 0.3 is 0 Å². The summed E-state index contributed by atoms with van der Waals surface area (Å²) in [5.41, 5.74) is 5.23. The Labute approximate surface area is 143 Å². The van der Waals surface area contributed by atoms with E-state index in [9.17, 15) is 4.79 Å². The minimum absolute atomic E-state index is 0.213. The average molecular weight is 320 g/mol. The van der Waals surface area contributed by atoms with Crippen molar-refractivity contribution in [1.82, 2.24) is 4.90 Å². The van der Waals surface area contributed by atoms with Crippen molar-refractivity contribution in [2.75, 3.05) is 25.0 Å². The van der Waals surface area contributed by atoms with Crippen molar-refractivity contribution in [3.8, 4) is 0 Å². The molecule has 1 heterocycles. The van der Waals surface area contributed by atoms with Gasteiger partial charge in [-0.1, -0.05) is 42.5 Å². The minimum atomic E-state index is 0.213. The highest BCUT2D eigenvalue weighted by Crippen LogP contribution is 2.34. The fourth-order valence-corrected chi connectivity index (χ4v) is 4.19. The molecule has 0 bridgehead atoms. The van der Waals surface area contributed by atoms with Gasteiger partial charge in [0, 0.05) is 18.3 Å². The van der Waals surface area contributed by atoms with Crippen molar-refractivity contribution < 1.29 is 4.79 Å². The second-order valence-electron chi connectivity index (χ2n) is 6.95. The number of likely N-dealkylation sites (N-methyl/N-ethyl adjacent to an activating group) is 1. The number of aryl methyl sites for hydroxylation is 1. The summed E-state index contributed by atoms with van der Waals surface area (Å²) >= 11 is 0. The Hall–Kier alpha value is -2.13. The van der Waals surface area contributed by atoms with Crippen LogP contribution in [0.5, 0.6) is 0 Å². The number of carbonyl (C=O) groups is 1. The van der Waals surface area contributed by atoms with Crippen LogP contribution < -0.4 is 4.90 Å². The average Bonchev–Trinajstić information content (AvgIpc) is 3.05. The lowest BCUT2D eigenvalue weighted by molar-refractivity contribution is -0.119. The molecule has 1 aliphatic carbocycles. The van der Waals surface area contributed by atoms with Crippen molar-refractivity contribution in [3.05, 3.63) is 65.2 Å². The fraction of sp³-hybridized carbons (Fsp3) is 0.381. The first-order valence-corrected chi connectivity index (χ1v) is 8.90. The topological polar surface area (TPSA) is 23.6 Å². The van der Waals surface area contributed by atoms with Crippen LogP contribution >= 0.6 is 0 Å². The molecule has 2 aliphatic rings. The van der Waals surface area contributed by atoms with E-state index in [1.54, 1.807) is 0 Å². The van der Waals surface area contributed by atoms with Crippen molar-refractivity contribution in [2.45, 2.75) is 31.7 Å². The highest BCUT2D eigenvalue weighted by Gasteiger charge is 2.28. The smallest absolute Gasteiger partial charge is 0.241 e. The number of para-hydroxylation sites is 1. The summed E-state index contributed by atoms with van der Waals surface area (Å²) in [7, 11) is 2.09. The van der Waals surface area contributed by atoms with Crippen LogP contribution in [0, 0.1) is 0 Å². The van der Waals surface area contributed by atoms with Gasteiger partial charge in [0.05, 0.1) is 6.54 Å². The Morgan fingerprint density at radius 1 is 1.08 bits per heavy atom. The summed E-state index contributed by atoms with van der Waals surface area (Å²) in [5, 5.41) is 0. The van der Waals surface area contributed by atoms with Crippen molar-refractivity contribution in [2.24, 2.45) is 0 Å². The van der Waals surface area contributed by atoms with E-state index in [0.717, 1.165) is 31.5 Å². The zero-order chi connectivity index (χ0) is 16.5. The standard InChI is InChI=1S/C21H24N2O/c1-22(20-12-6-9-16-7-2-4-10-18(16)20)15-21(24)23-14-13-17-8-3-5-11-19(17)23/h2-5,7-8,10-11,20H,6,9,12-15H2,1H3. The van der Waals surface area contributed by atoms with Gasteiger partial charge in [-0.3, -0.25) is 9.69 Å². The van der Waals surface area contributed by atoms with E-state index in [0.29, 0.717) is 12.6 Å². The summed E-state index contributed by atoms with van der Waals surface area (Å²) in [6.45, 7) is 1.29. The van der Waals surface area contributed by atoms with Gasteiger partial charge in [-0.25, -0.2) is 0 Å². The Kier molecular flexibility index (Phi) is 4.11. The van der Waals surface area contributed by atoms with Crippen molar-refractivity contribution >= 4 is 11.6 Å². The SMILES string of the molecule is CN(CC(=O)N1CCc2ccccc21)C1CCCc2ccccc21. The third kappa shape index (κ3) is 2.73. The number of hydrogen-bond acceptors (Lipinski definition) is 2. The van der Waals surface area contributed by atoms with Crippen LogP contribution in [0.3, 0.4) is 0 Å². The first kappa shape index (κ1) is 15.4. The van der Waals surface area contributed by atoms with Crippen LogP contribution in [0.4, 0.5) is 5.69 Å². The van der Waals surface area contributed by atoms with E-state index in [4.69, 9.17) is 0 Å². The molecule has 2 aromatic carbocycles. The molecular formula is C21H24N2O. The normalized spacial score (nSPS) is 19.2. The van der Waals surface area contributed by atoms with Gasteiger partial charge in [0.25, 0.3) is 0 Å². The van der Waals surface area contributed by atoms with E-state index in [-0.39, 0.29) is 5.91 Å². The number of anilines is 1.